The van der Waals surface area contributed by atoms with E-state index in [0.717, 1.165) is 51.4 Å². The second-order valence-electron chi connectivity index (χ2n) is 9.86. The molecular formula is C27H50O10. The number of carbonyl (C=O) groups excluding carboxylic acids is 2. The molecular weight excluding hydrogens is 484 g/mol. The van der Waals surface area contributed by atoms with Crippen LogP contribution in [0.25, 0.3) is 0 Å². The summed E-state index contributed by atoms with van der Waals surface area (Å²) >= 11 is 0. The number of unbranched alkanes of at least 4 members (excludes halogenated alkanes) is 10. The van der Waals surface area contributed by atoms with Gasteiger partial charge in [-0.2, -0.15) is 0 Å². The van der Waals surface area contributed by atoms with E-state index in [-0.39, 0.29) is 32.0 Å². The number of aliphatic hydroxyl groups is 4. The minimum Gasteiger partial charge on any atom is -0.462 e. The molecule has 1 heterocycles. The van der Waals surface area contributed by atoms with Gasteiger partial charge in [-0.3, -0.25) is 9.59 Å². The van der Waals surface area contributed by atoms with Crippen LogP contribution < -0.4 is 0 Å². The Labute approximate surface area is 221 Å². The van der Waals surface area contributed by atoms with Crippen LogP contribution in [0.3, 0.4) is 0 Å². The first-order valence-electron chi connectivity index (χ1n) is 14.1. The molecule has 0 amide bonds. The Morgan fingerprint density at radius 2 is 1.27 bits per heavy atom. The summed E-state index contributed by atoms with van der Waals surface area (Å²) in [7, 11) is 0. The van der Waals surface area contributed by atoms with Crippen LogP contribution in [-0.4, -0.2) is 89.0 Å². The van der Waals surface area contributed by atoms with Crippen molar-refractivity contribution in [3.63, 3.8) is 0 Å². The number of hydrogen-bond acceptors (Lipinski definition) is 10. The summed E-state index contributed by atoms with van der Waals surface area (Å²) in [6.45, 7) is 3.22. The normalized spacial score (nSPS) is 24.5. The molecule has 218 valence electrons. The Kier molecular flexibility index (Phi) is 18.8. The Morgan fingerprint density at radius 3 is 1.84 bits per heavy atom. The van der Waals surface area contributed by atoms with Crippen molar-refractivity contribution in [2.24, 2.45) is 0 Å². The molecule has 1 aliphatic heterocycles. The van der Waals surface area contributed by atoms with E-state index in [2.05, 4.69) is 13.8 Å². The zero-order chi connectivity index (χ0) is 27.5. The molecule has 37 heavy (non-hydrogen) atoms. The molecule has 1 fully saturated rings. The Balaban J connectivity index is 2.54. The summed E-state index contributed by atoms with van der Waals surface area (Å²) in [5.74, 6) is -0.830. The number of esters is 2. The van der Waals surface area contributed by atoms with Crippen LogP contribution >= 0.6 is 0 Å². The topological polar surface area (TPSA) is 152 Å². The molecule has 0 aromatic rings. The fourth-order valence-corrected chi connectivity index (χ4v) is 4.13. The van der Waals surface area contributed by atoms with Crippen LogP contribution in [0.15, 0.2) is 0 Å². The lowest BCUT2D eigenvalue weighted by atomic mass is 9.99. The van der Waals surface area contributed by atoms with E-state index in [9.17, 15) is 30.0 Å². The van der Waals surface area contributed by atoms with Crippen molar-refractivity contribution in [1.29, 1.82) is 0 Å². The molecule has 10 nitrogen and oxygen atoms in total. The minimum atomic E-state index is -1.58. The van der Waals surface area contributed by atoms with E-state index >= 15 is 0 Å². The smallest absolute Gasteiger partial charge is 0.306 e. The first-order chi connectivity index (χ1) is 17.8. The molecule has 1 aliphatic rings. The van der Waals surface area contributed by atoms with Crippen LogP contribution in [-0.2, 0) is 28.5 Å². The van der Waals surface area contributed by atoms with E-state index in [4.69, 9.17) is 18.9 Å². The molecule has 1 saturated heterocycles. The van der Waals surface area contributed by atoms with Crippen molar-refractivity contribution >= 4 is 11.9 Å². The number of ether oxygens (including phenoxy) is 4. The first-order valence-corrected chi connectivity index (χ1v) is 14.1. The lowest BCUT2D eigenvalue weighted by molar-refractivity contribution is -0.305. The van der Waals surface area contributed by atoms with Crippen LogP contribution in [0, 0.1) is 0 Å². The molecule has 4 N–H and O–H groups in total. The summed E-state index contributed by atoms with van der Waals surface area (Å²) in [4.78, 5) is 24.6. The highest BCUT2D eigenvalue weighted by Gasteiger charge is 2.44. The van der Waals surface area contributed by atoms with E-state index in [1.54, 1.807) is 0 Å². The highest BCUT2D eigenvalue weighted by atomic mass is 16.7. The molecule has 0 aromatic carbocycles. The van der Waals surface area contributed by atoms with Gasteiger partial charge in [0.2, 0.25) is 0 Å². The number of carbonyl (C=O) groups is 2. The van der Waals surface area contributed by atoms with Crippen LogP contribution in [0.2, 0.25) is 0 Å². The molecule has 1 rings (SSSR count). The summed E-state index contributed by atoms with van der Waals surface area (Å²) in [6, 6.07) is 0. The van der Waals surface area contributed by atoms with Gasteiger partial charge in [-0.1, -0.05) is 78.1 Å². The molecule has 0 aliphatic carbocycles. The van der Waals surface area contributed by atoms with Crippen molar-refractivity contribution in [2.75, 3.05) is 19.8 Å². The van der Waals surface area contributed by atoms with E-state index in [1.807, 2.05) is 0 Å². The third-order valence-corrected chi connectivity index (χ3v) is 6.49. The third kappa shape index (κ3) is 14.4. The molecule has 10 heteroatoms. The molecule has 0 radical (unpaired) electrons. The first kappa shape index (κ1) is 33.7. The highest BCUT2D eigenvalue weighted by Crippen LogP contribution is 2.22. The van der Waals surface area contributed by atoms with E-state index in [1.165, 1.54) is 19.3 Å². The predicted octanol–water partition coefficient (Wildman–Crippen LogP) is 2.76. The number of hydrogen-bond donors (Lipinski definition) is 4. The van der Waals surface area contributed by atoms with Crippen molar-refractivity contribution in [1.82, 2.24) is 0 Å². The van der Waals surface area contributed by atoms with Gasteiger partial charge in [-0.15, -0.1) is 0 Å². The van der Waals surface area contributed by atoms with Crippen LogP contribution in [0.4, 0.5) is 0 Å². The lowest BCUT2D eigenvalue weighted by Crippen LogP contribution is -2.59. The standard InChI is InChI=1S/C27H50O10/c1-3-5-7-9-10-12-13-15-22(29)34-18-20(36-23(30)16-14-11-8-6-4-2)19-35-27-26(33)25(32)24(31)21(17-28)37-27/h20-21,24-28,31-33H,3-19H2,1-2H3/t20-,21-,24+,25+,26-,27-/m1/s1. The van der Waals surface area contributed by atoms with Crippen molar-refractivity contribution < 1.29 is 49.0 Å². The Morgan fingerprint density at radius 1 is 0.730 bits per heavy atom. The second-order valence-corrected chi connectivity index (χ2v) is 9.86. The average molecular weight is 535 g/mol. The second kappa shape index (κ2) is 20.6. The predicted molar refractivity (Wildman–Crippen MR) is 137 cm³/mol. The number of aliphatic hydroxyl groups excluding tert-OH is 4. The number of rotatable bonds is 21. The Bertz CT molecular complexity index is 600. The van der Waals surface area contributed by atoms with Gasteiger partial charge in [-0.25, -0.2) is 0 Å². The summed E-state index contributed by atoms with van der Waals surface area (Å²) in [5, 5.41) is 39.4. The van der Waals surface area contributed by atoms with Gasteiger partial charge < -0.3 is 39.4 Å². The van der Waals surface area contributed by atoms with Crippen molar-refractivity contribution in [3.8, 4) is 0 Å². The largest absolute Gasteiger partial charge is 0.462 e. The van der Waals surface area contributed by atoms with Gasteiger partial charge in [0.1, 0.15) is 31.0 Å². The van der Waals surface area contributed by atoms with Gasteiger partial charge in [0.15, 0.2) is 12.4 Å². The summed E-state index contributed by atoms with van der Waals surface area (Å²) in [6.07, 6.45) is 4.85. The average Bonchev–Trinajstić information content (AvgIpc) is 2.89. The summed E-state index contributed by atoms with van der Waals surface area (Å²) < 4.78 is 21.7. The monoisotopic (exact) mass is 534 g/mol. The molecule has 0 unspecified atom stereocenters. The van der Waals surface area contributed by atoms with Crippen LogP contribution in [0.1, 0.15) is 104 Å². The fourth-order valence-electron chi connectivity index (χ4n) is 4.13. The maximum absolute atomic E-state index is 12.4. The quantitative estimate of drug-likeness (QED) is 0.128. The van der Waals surface area contributed by atoms with E-state index < -0.39 is 49.4 Å². The third-order valence-electron chi connectivity index (χ3n) is 6.49. The summed E-state index contributed by atoms with van der Waals surface area (Å²) in [5.41, 5.74) is 0. The maximum atomic E-state index is 12.4. The maximum Gasteiger partial charge on any atom is 0.306 e. The van der Waals surface area contributed by atoms with Gasteiger partial charge in [0, 0.05) is 12.8 Å². The van der Waals surface area contributed by atoms with Crippen molar-refractivity contribution in [2.45, 2.75) is 141 Å². The zero-order valence-electron chi connectivity index (χ0n) is 22.7. The minimum absolute atomic E-state index is 0.214. The fraction of sp³-hybridized carbons (Fsp3) is 0.926. The molecule has 0 saturated carbocycles. The SMILES string of the molecule is CCCCCCCCCC(=O)OC[C@H](CO[C@@H]1O[C@H](CO)[C@H](O)[C@H](O)[C@H]1O)OC(=O)CCCCCCC. The molecule has 6 atom stereocenters. The van der Waals surface area contributed by atoms with Crippen LogP contribution in [0.5, 0.6) is 0 Å². The lowest BCUT2D eigenvalue weighted by Gasteiger charge is -2.39. The van der Waals surface area contributed by atoms with Gasteiger partial charge in [0.25, 0.3) is 0 Å². The highest BCUT2D eigenvalue weighted by molar-refractivity contribution is 5.70. The van der Waals surface area contributed by atoms with Gasteiger partial charge in [-0.05, 0) is 12.8 Å². The van der Waals surface area contributed by atoms with E-state index in [0.29, 0.717) is 6.42 Å². The van der Waals surface area contributed by atoms with Gasteiger partial charge >= 0.3 is 11.9 Å². The van der Waals surface area contributed by atoms with Gasteiger partial charge in [0.05, 0.1) is 13.2 Å². The van der Waals surface area contributed by atoms with Crippen molar-refractivity contribution in [3.05, 3.63) is 0 Å². The molecule has 0 aromatic heterocycles. The molecule has 0 bridgehead atoms. The zero-order valence-corrected chi connectivity index (χ0v) is 22.7. The Hall–Kier alpha value is -1.30. The molecule has 0 spiro atoms.